The lowest BCUT2D eigenvalue weighted by Gasteiger charge is -2.30. The number of hydrogen-bond donors (Lipinski definition) is 2. The van der Waals surface area contributed by atoms with Gasteiger partial charge in [-0.15, -0.1) is 0 Å². The van der Waals surface area contributed by atoms with Crippen LogP contribution in [0.4, 0.5) is 4.79 Å². The third-order valence-corrected chi connectivity index (χ3v) is 3.51. The Balaban J connectivity index is 4.73. The van der Waals surface area contributed by atoms with Crippen LogP contribution in [0.25, 0.3) is 0 Å². The fourth-order valence-corrected chi connectivity index (χ4v) is 2.35. The minimum absolute atomic E-state index is 0.143. The minimum Gasteiger partial charge on any atom is -0.480 e. The third kappa shape index (κ3) is 7.30. The summed E-state index contributed by atoms with van der Waals surface area (Å²) >= 11 is 0.595. The summed E-state index contributed by atoms with van der Waals surface area (Å²) in [6, 6.07) is -1.28. The number of ether oxygens (including phenoxy) is 2. The Bertz CT molecular complexity index is 450. The molecule has 0 saturated heterocycles. The van der Waals surface area contributed by atoms with Crippen LogP contribution in [0, 0.1) is 0 Å². The number of carboxylic acids is 1. The molecular formula is C13H21NO7S. The maximum atomic E-state index is 11.8. The van der Waals surface area contributed by atoms with Crippen LogP contribution < -0.4 is 5.32 Å². The lowest BCUT2D eigenvalue weighted by atomic mass is 10.0. The number of thioether (sulfide) groups is 1. The van der Waals surface area contributed by atoms with Gasteiger partial charge in [0.15, 0.2) is 0 Å². The van der Waals surface area contributed by atoms with Crippen molar-refractivity contribution in [1.29, 1.82) is 0 Å². The first-order valence-corrected chi connectivity index (χ1v) is 7.40. The second-order valence-electron chi connectivity index (χ2n) is 4.96. The number of esters is 1. The summed E-state index contributed by atoms with van der Waals surface area (Å²) in [6.45, 7) is 7.12. The molecule has 0 radical (unpaired) electrons. The monoisotopic (exact) mass is 335 g/mol. The van der Waals surface area contributed by atoms with E-state index in [1.807, 2.05) is 0 Å². The maximum Gasteiger partial charge on any atom is 0.370 e. The predicted molar refractivity (Wildman–Crippen MR) is 79.2 cm³/mol. The maximum absolute atomic E-state index is 11.8. The lowest BCUT2D eigenvalue weighted by Crippen LogP contribution is -2.52. The number of amides is 1. The van der Waals surface area contributed by atoms with Crippen molar-refractivity contribution < 1.29 is 33.8 Å². The highest BCUT2D eigenvalue weighted by Crippen LogP contribution is 2.30. The molecule has 0 aliphatic carbocycles. The zero-order valence-electron chi connectivity index (χ0n) is 13.2. The van der Waals surface area contributed by atoms with Gasteiger partial charge in [0.2, 0.25) is 12.2 Å². The van der Waals surface area contributed by atoms with Gasteiger partial charge in [-0.1, -0.05) is 6.92 Å². The van der Waals surface area contributed by atoms with E-state index in [0.717, 1.165) is 0 Å². The van der Waals surface area contributed by atoms with Gasteiger partial charge in [-0.2, -0.15) is 0 Å². The van der Waals surface area contributed by atoms with Crippen LogP contribution in [-0.4, -0.2) is 45.3 Å². The van der Waals surface area contributed by atoms with E-state index in [1.165, 1.54) is 27.7 Å². The van der Waals surface area contributed by atoms with Crippen molar-refractivity contribution in [3.63, 3.8) is 0 Å². The van der Waals surface area contributed by atoms with Gasteiger partial charge >= 0.3 is 17.2 Å². The van der Waals surface area contributed by atoms with Crippen LogP contribution in [0.3, 0.4) is 0 Å². The molecule has 2 atom stereocenters. The van der Waals surface area contributed by atoms with E-state index >= 15 is 0 Å². The lowest BCUT2D eigenvalue weighted by molar-refractivity contribution is -0.163. The summed E-state index contributed by atoms with van der Waals surface area (Å²) in [5, 5.41) is 10.6. The molecule has 0 aliphatic rings. The van der Waals surface area contributed by atoms with Crippen LogP contribution in [-0.2, 0) is 23.9 Å². The van der Waals surface area contributed by atoms with E-state index in [4.69, 9.17) is 14.6 Å². The number of nitrogens with one attached hydrogen (secondary N) is 1. The summed E-state index contributed by atoms with van der Waals surface area (Å²) in [4.78, 5) is 45.1. The predicted octanol–water partition coefficient (Wildman–Crippen LogP) is 1.52. The highest BCUT2D eigenvalue weighted by atomic mass is 32.2. The zero-order valence-corrected chi connectivity index (χ0v) is 14.0. The molecule has 8 nitrogen and oxygen atoms in total. The van der Waals surface area contributed by atoms with E-state index in [0.29, 0.717) is 11.8 Å². The smallest absolute Gasteiger partial charge is 0.370 e. The molecule has 0 aliphatic heterocycles. The summed E-state index contributed by atoms with van der Waals surface area (Å²) in [5.74, 6) is -2.32. The van der Waals surface area contributed by atoms with Crippen LogP contribution in [0.2, 0.25) is 0 Å². The summed E-state index contributed by atoms with van der Waals surface area (Å²) < 4.78 is 8.48. The van der Waals surface area contributed by atoms with E-state index in [1.54, 1.807) is 6.92 Å². The summed E-state index contributed by atoms with van der Waals surface area (Å²) in [5.41, 5.74) is 0. The van der Waals surface area contributed by atoms with Crippen molar-refractivity contribution >= 4 is 34.9 Å². The van der Waals surface area contributed by atoms with Crippen LogP contribution in [0.15, 0.2) is 0 Å². The molecule has 0 aromatic carbocycles. The Morgan fingerprint density at radius 1 is 1.23 bits per heavy atom. The van der Waals surface area contributed by atoms with Crippen molar-refractivity contribution in [2.24, 2.45) is 0 Å². The number of hydrogen-bond acceptors (Lipinski definition) is 7. The van der Waals surface area contributed by atoms with Crippen LogP contribution >= 0.6 is 11.8 Å². The van der Waals surface area contributed by atoms with Crippen molar-refractivity contribution in [2.45, 2.75) is 58.1 Å². The SMILES string of the molecule is CCC(=O)O[C@H](C)OC(=O)SC(C)(C)[C@@H](NC(C)=O)C(=O)O. The molecule has 0 unspecified atom stereocenters. The highest BCUT2D eigenvalue weighted by molar-refractivity contribution is 8.14. The molecule has 1 amide bonds. The highest BCUT2D eigenvalue weighted by Gasteiger charge is 2.39. The standard InChI is InChI=1S/C13H21NO7S/c1-6-9(16)20-8(3)21-12(19)22-13(4,5)10(11(17)18)14-7(2)15/h8,10H,6H2,1-5H3,(H,14,15)(H,17,18)/t8-,10-/m0/s1. The molecule has 2 N–H and O–H groups in total. The first-order valence-electron chi connectivity index (χ1n) is 6.58. The van der Waals surface area contributed by atoms with Gasteiger partial charge < -0.3 is 19.9 Å². The molecule has 0 aromatic heterocycles. The van der Waals surface area contributed by atoms with Crippen molar-refractivity contribution in [1.82, 2.24) is 5.32 Å². The molecule has 9 heteroatoms. The average Bonchev–Trinajstić information content (AvgIpc) is 2.33. The molecule has 0 bridgehead atoms. The first kappa shape index (κ1) is 20.2. The Hall–Kier alpha value is -1.77. The van der Waals surface area contributed by atoms with Gasteiger partial charge in [0.25, 0.3) is 0 Å². The molecular weight excluding hydrogens is 314 g/mol. The summed E-state index contributed by atoms with van der Waals surface area (Å²) in [6.07, 6.45) is -0.934. The van der Waals surface area contributed by atoms with Crippen molar-refractivity contribution in [3.8, 4) is 0 Å². The average molecular weight is 335 g/mol. The molecule has 0 saturated carbocycles. The summed E-state index contributed by atoms with van der Waals surface area (Å²) in [7, 11) is 0. The van der Waals surface area contributed by atoms with E-state index in [9.17, 15) is 19.2 Å². The second kappa shape index (κ2) is 8.62. The number of aliphatic carboxylic acids is 1. The third-order valence-electron chi connectivity index (χ3n) is 2.48. The van der Waals surface area contributed by atoms with Gasteiger partial charge in [-0.25, -0.2) is 9.59 Å². The fraction of sp³-hybridized carbons (Fsp3) is 0.692. The molecule has 22 heavy (non-hydrogen) atoms. The van der Waals surface area contributed by atoms with Gasteiger partial charge in [-0.3, -0.25) is 9.59 Å². The molecule has 0 spiro atoms. The molecule has 126 valence electrons. The first-order chi connectivity index (χ1) is 9.99. The topological polar surface area (TPSA) is 119 Å². The molecule has 0 heterocycles. The van der Waals surface area contributed by atoms with Gasteiger partial charge in [-0.05, 0) is 25.6 Å². The van der Waals surface area contributed by atoms with Crippen LogP contribution in [0.1, 0.15) is 41.0 Å². The van der Waals surface area contributed by atoms with E-state index in [2.05, 4.69) is 5.32 Å². The van der Waals surface area contributed by atoms with Crippen LogP contribution in [0.5, 0.6) is 0 Å². The van der Waals surface area contributed by atoms with Crippen molar-refractivity contribution in [2.75, 3.05) is 0 Å². The number of rotatable bonds is 7. The molecule has 0 fully saturated rings. The molecule has 0 rings (SSSR count). The molecule has 0 aromatic rings. The van der Waals surface area contributed by atoms with Crippen molar-refractivity contribution in [3.05, 3.63) is 0 Å². The second-order valence-corrected chi connectivity index (χ2v) is 6.55. The number of carbonyl (C=O) groups is 4. The number of carboxylic acid groups (broad SMARTS) is 1. The quantitative estimate of drug-likeness (QED) is 0.531. The fourth-order valence-electron chi connectivity index (χ4n) is 1.46. The Labute approximate surface area is 132 Å². The minimum atomic E-state index is -1.28. The Morgan fingerprint density at radius 3 is 2.18 bits per heavy atom. The van der Waals surface area contributed by atoms with Gasteiger partial charge in [0.05, 0.1) is 4.75 Å². The van der Waals surface area contributed by atoms with Gasteiger partial charge in [0.1, 0.15) is 6.04 Å². The normalized spacial score (nSPS) is 13.7. The zero-order chi connectivity index (χ0) is 17.5. The number of carbonyl (C=O) groups excluding carboxylic acids is 3. The van der Waals surface area contributed by atoms with E-state index in [-0.39, 0.29) is 6.42 Å². The Morgan fingerprint density at radius 2 is 1.77 bits per heavy atom. The largest absolute Gasteiger partial charge is 0.480 e. The Kier molecular flexibility index (Phi) is 7.93. The van der Waals surface area contributed by atoms with Gasteiger partial charge in [0, 0.05) is 20.3 Å². The van der Waals surface area contributed by atoms with E-state index < -0.39 is 40.2 Å².